The Kier molecular flexibility index (Phi) is 2.33. The third kappa shape index (κ3) is 1.56. The van der Waals surface area contributed by atoms with Crippen molar-refractivity contribution in [1.29, 1.82) is 0 Å². The van der Waals surface area contributed by atoms with Gasteiger partial charge in [-0.15, -0.1) is 0 Å². The molecule has 0 radical (unpaired) electrons. The van der Waals surface area contributed by atoms with Crippen molar-refractivity contribution in [3.8, 4) is 11.4 Å². The van der Waals surface area contributed by atoms with E-state index < -0.39 is 0 Å². The number of imidazole rings is 1. The lowest BCUT2D eigenvalue weighted by molar-refractivity contribution is 1.15. The first-order chi connectivity index (χ1) is 8.66. The van der Waals surface area contributed by atoms with Gasteiger partial charge in [0, 0.05) is 17.4 Å². The van der Waals surface area contributed by atoms with E-state index in [1.165, 1.54) is 5.56 Å². The second kappa shape index (κ2) is 3.88. The summed E-state index contributed by atoms with van der Waals surface area (Å²) < 4.78 is 2.06. The van der Waals surface area contributed by atoms with Gasteiger partial charge in [0.2, 0.25) is 0 Å². The highest BCUT2D eigenvalue weighted by Crippen LogP contribution is 2.25. The van der Waals surface area contributed by atoms with E-state index in [1.54, 1.807) is 0 Å². The van der Waals surface area contributed by atoms with E-state index in [2.05, 4.69) is 28.4 Å². The first-order valence-electron chi connectivity index (χ1n) is 5.97. The predicted octanol–water partition coefficient (Wildman–Crippen LogP) is 3.20. The number of aromatic nitrogens is 2. The van der Waals surface area contributed by atoms with Gasteiger partial charge >= 0.3 is 0 Å². The van der Waals surface area contributed by atoms with E-state index in [0.29, 0.717) is 0 Å². The van der Waals surface area contributed by atoms with Crippen molar-refractivity contribution in [2.75, 3.05) is 5.73 Å². The van der Waals surface area contributed by atoms with Crippen molar-refractivity contribution >= 4 is 11.2 Å². The molecular formula is C15H15N3. The summed E-state index contributed by atoms with van der Waals surface area (Å²) in [5, 5.41) is 0. The molecule has 3 heteroatoms. The Morgan fingerprint density at radius 2 is 1.83 bits per heavy atom. The molecule has 18 heavy (non-hydrogen) atoms. The molecule has 3 nitrogen and oxygen atoms in total. The maximum absolute atomic E-state index is 5.87. The van der Waals surface area contributed by atoms with Crippen molar-refractivity contribution in [2.24, 2.45) is 0 Å². The largest absolute Gasteiger partial charge is 0.398 e. The van der Waals surface area contributed by atoms with E-state index in [4.69, 9.17) is 5.73 Å². The number of nitrogen functional groups attached to an aromatic ring is 1. The summed E-state index contributed by atoms with van der Waals surface area (Å²) in [6, 6.07) is 12.2. The van der Waals surface area contributed by atoms with Crippen LogP contribution in [0, 0.1) is 13.8 Å². The number of hydrogen-bond donors (Lipinski definition) is 1. The van der Waals surface area contributed by atoms with Gasteiger partial charge in [-0.2, -0.15) is 0 Å². The fraction of sp³-hybridized carbons (Fsp3) is 0.133. The molecule has 2 heterocycles. The van der Waals surface area contributed by atoms with Gasteiger partial charge in [0.15, 0.2) is 0 Å². The molecule has 0 atom stereocenters. The van der Waals surface area contributed by atoms with Crippen LogP contribution in [0.3, 0.4) is 0 Å². The monoisotopic (exact) mass is 237 g/mol. The predicted molar refractivity (Wildman–Crippen MR) is 74.5 cm³/mol. The molecule has 2 aromatic heterocycles. The Morgan fingerprint density at radius 1 is 1.06 bits per heavy atom. The third-order valence-electron chi connectivity index (χ3n) is 3.23. The Balaban J connectivity index is 2.36. The summed E-state index contributed by atoms with van der Waals surface area (Å²) in [6.07, 6.45) is 1.93. The van der Waals surface area contributed by atoms with E-state index in [1.807, 2.05) is 37.4 Å². The normalized spacial score (nSPS) is 11.0. The molecule has 0 saturated heterocycles. The number of hydrogen-bond acceptors (Lipinski definition) is 2. The maximum Gasteiger partial charge on any atom is 0.145 e. The number of benzene rings is 1. The number of rotatable bonds is 1. The summed E-state index contributed by atoms with van der Waals surface area (Å²) in [4.78, 5) is 4.67. The lowest BCUT2D eigenvalue weighted by Crippen LogP contribution is -1.94. The van der Waals surface area contributed by atoms with E-state index >= 15 is 0 Å². The highest BCUT2D eigenvalue weighted by atomic mass is 15.0. The van der Waals surface area contributed by atoms with Gasteiger partial charge in [0.1, 0.15) is 5.82 Å². The van der Waals surface area contributed by atoms with Crippen LogP contribution in [0.4, 0.5) is 5.69 Å². The van der Waals surface area contributed by atoms with Gasteiger partial charge in [0.05, 0.1) is 11.2 Å². The van der Waals surface area contributed by atoms with Crippen LogP contribution in [-0.4, -0.2) is 9.38 Å². The molecule has 0 bridgehead atoms. The van der Waals surface area contributed by atoms with Crippen LogP contribution in [0.1, 0.15) is 11.3 Å². The molecule has 90 valence electrons. The lowest BCUT2D eigenvalue weighted by Gasteiger charge is -2.05. The van der Waals surface area contributed by atoms with Crippen molar-refractivity contribution in [3.63, 3.8) is 0 Å². The average molecular weight is 237 g/mol. The number of pyridine rings is 1. The molecule has 3 rings (SSSR count). The van der Waals surface area contributed by atoms with Gasteiger partial charge < -0.3 is 5.73 Å². The fourth-order valence-corrected chi connectivity index (χ4v) is 2.27. The van der Waals surface area contributed by atoms with E-state index in [0.717, 1.165) is 28.3 Å². The number of nitrogens with zero attached hydrogens (tertiary/aromatic N) is 2. The summed E-state index contributed by atoms with van der Waals surface area (Å²) in [5.74, 6) is 0.952. The number of aryl methyl sites for hydroxylation is 2. The van der Waals surface area contributed by atoms with E-state index in [-0.39, 0.29) is 0 Å². The third-order valence-corrected chi connectivity index (χ3v) is 3.23. The molecule has 0 spiro atoms. The zero-order chi connectivity index (χ0) is 12.7. The Bertz CT molecular complexity index is 726. The Labute approximate surface area is 106 Å². The molecular weight excluding hydrogens is 222 g/mol. The zero-order valence-electron chi connectivity index (χ0n) is 10.5. The van der Waals surface area contributed by atoms with Crippen LogP contribution in [0.15, 0.2) is 42.6 Å². The van der Waals surface area contributed by atoms with Crippen LogP contribution in [0.5, 0.6) is 0 Å². The quantitative estimate of drug-likeness (QED) is 0.706. The molecule has 2 N–H and O–H groups in total. The zero-order valence-corrected chi connectivity index (χ0v) is 10.5. The SMILES string of the molecule is Cc1ccccc1-c1nc(C)c2ccc(N)cn12. The average Bonchev–Trinajstić information content (AvgIpc) is 2.67. The van der Waals surface area contributed by atoms with E-state index in [9.17, 15) is 0 Å². The summed E-state index contributed by atoms with van der Waals surface area (Å²) in [5.41, 5.74) is 11.1. The van der Waals surface area contributed by atoms with Crippen LogP contribution in [0.2, 0.25) is 0 Å². The van der Waals surface area contributed by atoms with Crippen LogP contribution < -0.4 is 5.73 Å². The molecule has 0 aliphatic heterocycles. The van der Waals surface area contributed by atoms with Crippen molar-refractivity contribution in [1.82, 2.24) is 9.38 Å². The fourth-order valence-electron chi connectivity index (χ4n) is 2.27. The summed E-state index contributed by atoms with van der Waals surface area (Å²) in [6.45, 7) is 4.12. The number of anilines is 1. The smallest absolute Gasteiger partial charge is 0.145 e. The Morgan fingerprint density at radius 3 is 2.61 bits per heavy atom. The molecule has 1 aromatic carbocycles. The van der Waals surface area contributed by atoms with Gasteiger partial charge in [-0.05, 0) is 31.5 Å². The van der Waals surface area contributed by atoms with Crippen LogP contribution in [0.25, 0.3) is 16.9 Å². The highest BCUT2D eigenvalue weighted by Gasteiger charge is 2.11. The van der Waals surface area contributed by atoms with Gasteiger partial charge in [0.25, 0.3) is 0 Å². The second-order valence-electron chi connectivity index (χ2n) is 4.55. The minimum atomic E-state index is 0.745. The standard InChI is InChI=1S/C15H15N3/c1-10-5-3-4-6-13(10)15-17-11(2)14-8-7-12(16)9-18(14)15/h3-9H,16H2,1-2H3. The Hall–Kier alpha value is -2.29. The van der Waals surface area contributed by atoms with Crippen molar-refractivity contribution in [2.45, 2.75) is 13.8 Å². The number of fused-ring (bicyclic) bond motifs is 1. The molecule has 3 aromatic rings. The minimum Gasteiger partial charge on any atom is -0.398 e. The first-order valence-corrected chi connectivity index (χ1v) is 5.97. The van der Waals surface area contributed by atoms with Crippen molar-refractivity contribution in [3.05, 3.63) is 53.9 Å². The second-order valence-corrected chi connectivity index (χ2v) is 4.55. The topological polar surface area (TPSA) is 43.3 Å². The lowest BCUT2D eigenvalue weighted by atomic mass is 10.1. The molecule has 0 aliphatic carbocycles. The number of nitrogens with two attached hydrogens (primary N) is 1. The highest BCUT2D eigenvalue weighted by molar-refractivity contribution is 5.69. The molecule has 0 fully saturated rings. The first kappa shape index (κ1) is 10.8. The summed E-state index contributed by atoms with van der Waals surface area (Å²) >= 11 is 0. The molecule has 0 aliphatic rings. The molecule has 0 amide bonds. The summed E-state index contributed by atoms with van der Waals surface area (Å²) in [7, 11) is 0. The van der Waals surface area contributed by atoms with Gasteiger partial charge in [-0.3, -0.25) is 4.40 Å². The van der Waals surface area contributed by atoms with Gasteiger partial charge in [-0.1, -0.05) is 24.3 Å². The maximum atomic E-state index is 5.87. The van der Waals surface area contributed by atoms with Crippen LogP contribution >= 0.6 is 0 Å². The van der Waals surface area contributed by atoms with Crippen molar-refractivity contribution < 1.29 is 0 Å². The molecule has 0 unspecified atom stereocenters. The van der Waals surface area contributed by atoms with Crippen LogP contribution in [-0.2, 0) is 0 Å². The molecule has 0 saturated carbocycles. The van der Waals surface area contributed by atoms with Gasteiger partial charge in [-0.25, -0.2) is 4.98 Å². The minimum absolute atomic E-state index is 0.745.